The first kappa shape index (κ1) is 21.2. The van der Waals surface area contributed by atoms with Gasteiger partial charge < -0.3 is 20.3 Å². The van der Waals surface area contributed by atoms with Gasteiger partial charge in [0.25, 0.3) is 0 Å². The van der Waals surface area contributed by atoms with E-state index < -0.39 is 23.2 Å². The van der Waals surface area contributed by atoms with Crippen LogP contribution in [0.25, 0.3) is 0 Å². The van der Waals surface area contributed by atoms with Crippen LogP contribution in [0.1, 0.15) is 30.5 Å². The first-order valence-electron chi connectivity index (χ1n) is 9.07. The summed E-state index contributed by atoms with van der Waals surface area (Å²) < 4.78 is 30.7. The lowest BCUT2D eigenvalue weighted by molar-refractivity contribution is -0.107. The maximum Gasteiger partial charge on any atom is 0.163 e. The van der Waals surface area contributed by atoms with E-state index in [0.29, 0.717) is 6.29 Å². The number of nitrogens with zero attached hydrogens (tertiary/aromatic N) is 5. The Morgan fingerprint density at radius 1 is 1.27 bits per heavy atom. The highest BCUT2D eigenvalue weighted by atomic mass is 19.1. The van der Waals surface area contributed by atoms with Crippen molar-refractivity contribution in [1.29, 1.82) is 0 Å². The molecule has 3 N–H and O–H groups in total. The minimum atomic E-state index is -2.05. The van der Waals surface area contributed by atoms with Gasteiger partial charge in [0.2, 0.25) is 0 Å². The lowest BCUT2D eigenvalue weighted by Crippen LogP contribution is -2.39. The third-order valence-electron chi connectivity index (χ3n) is 4.82. The second kappa shape index (κ2) is 8.91. The Morgan fingerprint density at radius 2 is 2.07 bits per heavy atom. The number of benzene rings is 1. The average molecular weight is 418 g/mol. The molecule has 2 atom stereocenters. The van der Waals surface area contributed by atoms with Gasteiger partial charge in [0.15, 0.2) is 5.82 Å². The van der Waals surface area contributed by atoms with Crippen molar-refractivity contribution < 1.29 is 23.8 Å². The van der Waals surface area contributed by atoms with Crippen LogP contribution < -0.4 is 5.32 Å². The van der Waals surface area contributed by atoms with Crippen LogP contribution in [0.4, 0.5) is 14.5 Å². The Labute approximate surface area is 170 Å². The molecule has 11 heteroatoms. The molecule has 30 heavy (non-hydrogen) atoms. The normalized spacial score (nSPS) is 14.1. The average Bonchev–Trinajstić information content (AvgIpc) is 3.23. The molecule has 0 unspecified atom stereocenters. The monoisotopic (exact) mass is 418 g/mol. The molecule has 1 aromatic carbocycles. The van der Waals surface area contributed by atoms with Gasteiger partial charge in [0, 0.05) is 30.5 Å². The molecule has 0 aliphatic rings. The van der Waals surface area contributed by atoms with E-state index in [1.54, 1.807) is 0 Å². The topological polar surface area (TPSA) is 126 Å². The third kappa shape index (κ3) is 4.25. The van der Waals surface area contributed by atoms with Crippen LogP contribution in [-0.2, 0) is 16.9 Å². The molecule has 3 rings (SSSR count). The minimum absolute atomic E-state index is 0.0575. The van der Waals surface area contributed by atoms with Crippen molar-refractivity contribution >= 4 is 12.0 Å². The van der Waals surface area contributed by atoms with E-state index in [1.165, 1.54) is 24.3 Å². The molecule has 0 aliphatic carbocycles. The molecule has 0 spiro atoms. The largest absolute Gasteiger partial charge is 0.506 e. The summed E-state index contributed by atoms with van der Waals surface area (Å²) >= 11 is 0. The summed E-state index contributed by atoms with van der Waals surface area (Å²) in [5.41, 5.74) is -2.39. The van der Waals surface area contributed by atoms with Gasteiger partial charge in [-0.05, 0) is 6.07 Å². The standard InChI is InChI=1S/C19H20F2N6O3/c1-12(18-15(21)7-22-9-25-18)19(30,8-27-11-23-10-26-27)13-5-17(29)16(6-14(13)20)24-3-2-4-28/h4-7,9-12,24,29-30H,2-3,8H2,1H3/t12-,19+/m0/s1. The highest BCUT2D eigenvalue weighted by Gasteiger charge is 2.42. The van der Waals surface area contributed by atoms with Crippen LogP contribution in [0.15, 0.2) is 37.3 Å². The van der Waals surface area contributed by atoms with Crippen LogP contribution in [0.2, 0.25) is 0 Å². The second-order valence-electron chi connectivity index (χ2n) is 6.73. The van der Waals surface area contributed by atoms with Crippen molar-refractivity contribution in [2.45, 2.75) is 31.4 Å². The van der Waals surface area contributed by atoms with Gasteiger partial charge in [-0.15, -0.1) is 0 Å². The number of aromatic nitrogens is 5. The molecule has 2 heterocycles. The van der Waals surface area contributed by atoms with Crippen molar-refractivity contribution in [2.24, 2.45) is 0 Å². The van der Waals surface area contributed by atoms with Crippen molar-refractivity contribution in [3.05, 3.63) is 60.2 Å². The van der Waals surface area contributed by atoms with Crippen LogP contribution >= 0.6 is 0 Å². The second-order valence-corrected chi connectivity index (χ2v) is 6.73. The molecule has 0 fully saturated rings. The lowest BCUT2D eigenvalue weighted by Gasteiger charge is -2.34. The molecule has 0 bridgehead atoms. The predicted molar refractivity (Wildman–Crippen MR) is 102 cm³/mol. The Morgan fingerprint density at radius 3 is 2.73 bits per heavy atom. The number of carbonyl (C=O) groups excluding carboxylic acids is 1. The summed E-state index contributed by atoms with van der Waals surface area (Å²) in [4.78, 5) is 21.8. The Balaban J connectivity index is 2.07. The van der Waals surface area contributed by atoms with E-state index in [0.717, 1.165) is 24.7 Å². The maximum absolute atomic E-state index is 15.1. The molecule has 0 aliphatic heterocycles. The van der Waals surface area contributed by atoms with Gasteiger partial charge in [0.05, 0.1) is 24.1 Å². The fourth-order valence-corrected chi connectivity index (χ4v) is 3.18. The molecule has 0 saturated carbocycles. The van der Waals surface area contributed by atoms with E-state index >= 15 is 4.39 Å². The van der Waals surface area contributed by atoms with E-state index in [4.69, 9.17) is 0 Å². The highest BCUT2D eigenvalue weighted by Crippen LogP contribution is 2.42. The molecule has 0 radical (unpaired) electrons. The quantitative estimate of drug-likeness (QED) is 0.273. The molecule has 0 saturated heterocycles. The summed E-state index contributed by atoms with van der Waals surface area (Å²) in [7, 11) is 0. The van der Waals surface area contributed by atoms with Gasteiger partial charge in [-0.25, -0.2) is 28.4 Å². The van der Waals surface area contributed by atoms with Gasteiger partial charge >= 0.3 is 0 Å². The van der Waals surface area contributed by atoms with Crippen molar-refractivity contribution in [3.8, 4) is 5.75 Å². The highest BCUT2D eigenvalue weighted by molar-refractivity contribution is 5.59. The van der Waals surface area contributed by atoms with Crippen LogP contribution in [-0.4, -0.2) is 47.8 Å². The summed E-state index contributed by atoms with van der Waals surface area (Å²) in [6.45, 7) is 1.39. The van der Waals surface area contributed by atoms with Crippen molar-refractivity contribution in [2.75, 3.05) is 11.9 Å². The van der Waals surface area contributed by atoms with Gasteiger partial charge in [-0.3, -0.25) is 0 Å². The predicted octanol–water partition coefficient (Wildman–Crippen LogP) is 1.74. The zero-order chi connectivity index (χ0) is 21.7. The first-order valence-corrected chi connectivity index (χ1v) is 9.07. The molecule has 2 aromatic heterocycles. The number of hydrogen-bond acceptors (Lipinski definition) is 8. The number of nitrogens with one attached hydrogen (secondary N) is 1. The molecular formula is C19H20F2N6O3. The Bertz CT molecular complexity index is 1020. The zero-order valence-electron chi connectivity index (χ0n) is 16.0. The van der Waals surface area contributed by atoms with Crippen LogP contribution in [0, 0.1) is 11.6 Å². The fourth-order valence-electron chi connectivity index (χ4n) is 3.18. The van der Waals surface area contributed by atoms with Gasteiger partial charge in [-0.2, -0.15) is 5.10 Å². The van der Waals surface area contributed by atoms with E-state index in [9.17, 15) is 19.4 Å². The number of aliphatic hydroxyl groups is 1. The van der Waals surface area contributed by atoms with Crippen LogP contribution in [0.3, 0.4) is 0 Å². The summed E-state index contributed by atoms with van der Waals surface area (Å²) in [5, 5.41) is 28.6. The fraction of sp³-hybridized carbons (Fsp3) is 0.316. The lowest BCUT2D eigenvalue weighted by atomic mass is 9.79. The smallest absolute Gasteiger partial charge is 0.163 e. The molecule has 158 valence electrons. The van der Waals surface area contributed by atoms with Crippen molar-refractivity contribution in [3.63, 3.8) is 0 Å². The number of anilines is 1. The summed E-state index contributed by atoms with van der Waals surface area (Å²) in [6, 6.07) is 2.07. The number of rotatable bonds is 9. The zero-order valence-corrected chi connectivity index (χ0v) is 16.0. The number of phenolic OH excluding ortho intramolecular Hbond substituents is 1. The summed E-state index contributed by atoms with van der Waals surface area (Å²) in [6.07, 6.45) is 5.49. The van der Waals surface area contributed by atoms with Crippen molar-refractivity contribution in [1.82, 2.24) is 24.7 Å². The molecule has 3 aromatic rings. The molecule has 9 nitrogen and oxygen atoms in total. The minimum Gasteiger partial charge on any atom is -0.506 e. The van der Waals surface area contributed by atoms with E-state index in [1.807, 2.05) is 0 Å². The van der Waals surface area contributed by atoms with Gasteiger partial charge in [-0.1, -0.05) is 6.92 Å². The molecular weight excluding hydrogens is 398 g/mol. The number of phenols is 1. The SMILES string of the molecule is C[C@@H](c1ncncc1F)[C@](O)(Cn1cncn1)c1cc(O)c(NCCC=O)cc1F. The van der Waals surface area contributed by atoms with E-state index in [2.05, 4.69) is 25.4 Å². The Hall–Kier alpha value is -3.47. The van der Waals surface area contributed by atoms with E-state index in [-0.39, 0.29) is 42.2 Å². The summed E-state index contributed by atoms with van der Waals surface area (Å²) in [5.74, 6) is -3.00. The first-order chi connectivity index (χ1) is 14.4. The number of aromatic hydroxyl groups is 1. The molecule has 0 amide bonds. The number of hydrogen-bond donors (Lipinski definition) is 3. The van der Waals surface area contributed by atoms with Crippen LogP contribution in [0.5, 0.6) is 5.75 Å². The number of halogens is 2. The number of aldehydes is 1. The van der Waals surface area contributed by atoms with Gasteiger partial charge in [0.1, 0.15) is 42.4 Å². The maximum atomic E-state index is 15.1. The third-order valence-corrected chi connectivity index (χ3v) is 4.82. The number of carbonyl (C=O) groups is 1. The Kier molecular flexibility index (Phi) is 6.31.